The molecule has 3 aromatic rings. The van der Waals surface area contributed by atoms with Crippen LogP contribution in [-0.2, 0) is 31.1 Å². The summed E-state index contributed by atoms with van der Waals surface area (Å²) in [5.74, 6) is 0.833. The summed E-state index contributed by atoms with van der Waals surface area (Å²) in [6, 6.07) is 6.05. The largest absolute Gasteiger partial charge is 0.496 e. The maximum atomic E-state index is 12.4. The number of carbonyl (C=O) groups excluding carboxylic acids is 1. The molecule has 0 saturated carbocycles. The van der Waals surface area contributed by atoms with Crippen molar-refractivity contribution in [2.45, 2.75) is 32.6 Å². The predicted molar refractivity (Wildman–Crippen MR) is 106 cm³/mol. The molecule has 27 heavy (non-hydrogen) atoms. The minimum absolute atomic E-state index is 0.0213. The first kappa shape index (κ1) is 17.7. The molecule has 1 aliphatic carbocycles. The van der Waals surface area contributed by atoms with Crippen LogP contribution in [0.15, 0.2) is 24.4 Å². The first-order valence-electron chi connectivity index (χ1n) is 8.99. The first-order valence-corrected chi connectivity index (χ1v) is 9.81. The second-order valence-electron chi connectivity index (χ2n) is 6.77. The highest BCUT2D eigenvalue weighted by Gasteiger charge is 2.24. The van der Waals surface area contributed by atoms with Gasteiger partial charge in [-0.2, -0.15) is 5.10 Å². The lowest BCUT2D eigenvalue weighted by Crippen LogP contribution is -2.12. The van der Waals surface area contributed by atoms with E-state index in [2.05, 4.69) is 15.4 Å². The van der Waals surface area contributed by atoms with Gasteiger partial charge in [0.25, 0.3) is 0 Å². The van der Waals surface area contributed by atoms with Crippen molar-refractivity contribution in [3.63, 3.8) is 0 Å². The normalized spacial score (nSPS) is 12.4. The van der Waals surface area contributed by atoms with Crippen LogP contribution in [0.2, 0.25) is 0 Å². The van der Waals surface area contributed by atoms with Crippen LogP contribution in [0.4, 0.5) is 5.13 Å². The van der Waals surface area contributed by atoms with Gasteiger partial charge in [0.15, 0.2) is 5.13 Å². The number of methoxy groups -OCH3 is 1. The second-order valence-corrected chi connectivity index (χ2v) is 7.86. The highest BCUT2D eigenvalue weighted by atomic mass is 32.1. The Bertz CT molecular complexity index is 1010. The molecule has 1 amide bonds. The number of benzene rings is 1. The van der Waals surface area contributed by atoms with Crippen molar-refractivity contribution in [3.05, 3.63) is 46.1 Å². The van der Waals surface area contributed by atoms with Gasteiger partial charge < -0.3 is 10.1 Å². The number of anilines is 1. The Kier molecular flexibility index (Phi) is 4.70. The zero-order chi connectivity index (χ0) is 19.0. The Labute approximate surface area is 162 Å². The molecule has 6 nitrogen and oxygen atoms in total. The van der Waals surface area contributed by atoms with Crippen LogP contribution < -0.4 is 10.1 Å². The summed E-state index contributed by atoms with van der Waals surface area (Å²) in [5.41, 5.74) is 5.44. The molecule has 140 valence electrons. The molecule has 2 heterocycles. The highest BCUT2D eigenvalue weighted by Crippen LogP contribution is 2.37. The maximum Gasteiger partial charge on any atom is 0.226 e. The van der Waals surface area contributed by atoms with Gasteiger partial charge in [-0.3, -0.25) is 9.48 Å². The lowest BCUT2D eigenvalue weighted by atomic mass is 10.0. The van der Waals surface area contributed by atoms with E-state index in [0.29, 0.717) is 18.0 Å². The average molecular weight is 382 g/mol. The van der Waals surface area contributed by atoms with Crippen LogP contribution in [0, 0.1) is 6.92 Å². The predicted octanol–water partition coefficient (Wildman–Crippen LogP) is 3.53. The monoisotopic (exact) mass is 382 g/mol. The van der Waals surface area contributed by atoms with Crippen molar-refractivity contribution in [2.24, 2.45) is 7.05 Å². The number of rotatable bonds is 5. The third kappa shape index (κ3) is 3.47. The number of nitrogens with zero attached hydrogens (tertiary/aromatic N) is 3. The third-order valence-corrected chi connectivity index (χ3v) is 5.99. The minimum Gasteiger partial charge on any atom is -0.496 e. The summed E-state index contributed by atoms with van der Waals surface area (Å²) in [6.07, 6.45) is 4.85. The van der Waals surface area contributed by atoms with E-state index in [9.17, 15) is 4.79 Å². The van der Waals surface area contributed by atoms with Crippen LogP contribution >= 0.6 is 11.3 Å². The van der Waals surface area contributed by atoms with Crippen LogP contribution in [-0.4, -0.2) is 27.8 Å². The first-order chi connectivity index (χ1) is 13.0. The number of fused-ring (bicyclic) bond motifs is 3. The van der Waals surface area contributed by atoms with Crippen molar-refractivity contribution < 1.29 is 9.53 Å². The van der Waals surface area contributed by atoms with E-state index in [1.807, 2.05) is 43.0 Å². The number of hydrogen-bond donors (Lipinski definition) is 1. The van der Waals surface area contributed by atoms with Gasteiger partial charge in [0.05, 0.1) is 19.0 Å². The third-order valence-electron chi connectivity index (χ3n) is 4.96. The van der Waals surface area contributed by atoms with E-state index in [1.165, 1.54) is 10.6 Å². The Morgan fingerprint density at radius 1 is 1.37 bits per heavy atom. The van der Waals surface area contributed by atoms with Crippen LogP contribution in [0.5, 0.6) is 5.75 Å². The summed E-state index contributed by atoms with van der Waals surface area (Å²) < 4.78 is 7.26. The van der Waals surface area contributed by atoms with Crippen molar-refractivity contribution >= 4 is 22.4 Å². The van der Waals surface area contributed by atoms with E-state index in [0.717, 1.165) is 41.0 Å². The van der Waals surface area contributed by atoms with E-state index in [1.54, 1.807) is 18.4 Å². The number of ether oxygens (including phenoxy) is 1. The van der Waals surface area contributed by atoms with Crippen LogP contribution in [0.3, 0.4) is 0 Å². The fraction of sp³-hybridized carbons (Fsp3) is 0.350. The van der Waals surface area contributed by atoms with Crippen molar-refractivity contribution in [1.29, 1.82) is 0 Å². The number of amides is 1. The molecule has 1 aliphatic rings. The molecular weight excluding hydrogens is 360 g/mol. The Balaban J connectivity index is 1.42. The summed E-state index contributed by atoms with van der Waals surface area (Å²) >= 11 is 1.57. The van der Waals surface area contributed by atoms with E-state index in [-0.39, 0.29) is 5.91 Å². The SMILES string of the molecule is COc1cc(CCC(=O)Nc2nc3c(s2)CCc2c-3cnn2C)ccc1C. The van der Waals surface area contributed by atoms with Gasteiger partial charge in [0, 0.05) is 29.6 Å². The summed E-state index contributed by atoms with van der Waals surface area (Å²) in [7, 11) is 3.62. The smallest absolute Gasteiger partial charge is 0.226 e. The van der Waals surface area contributed by atoms with Crippen molar-refractivity contribution in [2.75, 3.05) is 12.4 Å². The lowest BCUT2D eigenvalue weighted by molar-refractivity contribution is -0.116. The lowest BCUT2D eigenvalue weighted by Gasteiger charge is -2.10. The molecule has 0 radical (unpaired) electrons. The van der Waals surface area contributed by atoms with Crippen molar-refractivity contribution in [3.8, 4) is 17.0 Å². The van der Waals surface area contributed by atoms with E-state index < -0.39 is 0 Å². The Morgan fingerprint density at radius 3 is 3.04 bits per heavy atom. The fourth-order valence-electron chi connectivity index (χ4n) is 3.43. The quantitative estimate of drug-likeness (QED) is 0.733. The molecule has 0 aliphatic heterocycles. The minimum atomic E-state index is -0.0213. The molecule has 0 unspecified atom stereocenters. The molecule has 0 bridgehead atoms. The summed E-state index contributed by atoms with van der Waals surface area (Å²) in [5, 5.41) is 7.96. The number of carbonyl (C=O) groups is 1. The summed E-state index contributed by atoms with van der Waals surface area (Å²) in [4.78, 5) is 18.2. The van der Waals surface area contributed by atoms with Gasteiger partial charge in [-0.1, -0.05) is 12.1 Å². The van der Waals surface area contributed by atoms with Gasteiger partial charge in [-0.15, -0.1) is 11.3 Å². The molecule has 0 saturated heterocycles. The Hall–Kier alpha value is -2.67. The van der Waals surface area contributed by atoms with Gasteiger partial charge in [-0.05, 0) is 43.4 Å². The van der Waals surface area contributed by atoms with Gasteiger partial charge in [-0.25, -0.2) is 4.98 Å². The second kappa shape index (κ2) is 7.15. The average Bonchev–Trinajstić information content (AvgIpc) is 3.24. The number of aromatic nitrogens is 3. The van der Waals surface area contributed by atoms with Crippen LogP contribution in [0.25, 0.3) is 11.3 Å². The molecule has 1 N–H and O–H groups in total. The van der Waals surface area contributed by atoms with Crippen molar-refractivity contribution in [1.82, 2.24) is 14.8 Å². The van der Waals surface area contributed by atoms with E-state index in [4.69, 9.17) is 4.74 Å². The molecule has 1 aromatic carbocycles. The topological polar surface area (TPSA) is 69.0 Å². The molecule has 4 rings (SSSR count). The maximum absolute atomic E-state index is 12.4. The fourth-order valence-corrected chi connectivity index (χ4v) is 4.43. The molecular formula is C20H22N4O2S. The molecule has 0 fully saturated rings. The zero-order valence-electron chi connectivity index (χ0n) is 15.7. The van der Waals surface area contributed by atoms with Gasteiger partial charge in [0.1, 0.15) is 5.75 Å². The van der Waals surface area contributed by atoms with Crippen LogP contribution in [0.1, 0.15) is 28.1 Å². The van der Waals surface area contributed by atoms with Gasteiger partial charge >= 0.3 is 0 Å². The molecule has 2 aromatic heterocycles. The number of thiazole rings is 1. The standard InChI is InChI=1S/C20H22N4O2S/c1-12-4-5-13(10-16(12)26-3)6-9-18(25)22-20-23-19-14-11-21-24(2)15(14)7-8-17(19)27-20/h4-5,10-11H,6-9H2,1-3H3,(H,22,23,25). The van der Waals surface area contributed by atoms with E-state index >= 15 is 0 Å². The highest BCUT2D eigenvalue weighted by molar-refractivity contribution is 7.16. The number of nitrogens with one attached hydrogen (secondary N) is 1. The summed E-state index contributed by atoms with van der Waals surface area (Å²) in [6.45, 7) is 2.01. The number of hydrogen-bond acceptors (Lipinski definition) is 5. The van der Waals surface area contributed by atoms with Gasteiger partial charge in [0.2, 0.25) is 5.91 Å². The molecule has 0 spiro atoms. The Morgan fingerprint density at radius 2 is 2.22 bits per heavy atom. The number of aryl methyl sites for hydroxylation is 4. The zero-order valence-corrected chi connectivity index (χ0v) is 16.5. The molecule has 0 atom stereocenters. The molecule has 7 heteroatoms.